The molecule has 10 nitrogen and oxygen atoms in total. The molecular formula is C49H54ClFN8O2. The van der Waals surface area contributed by atoms with Gasteiger partial charge in [-0.15, -0.1) is 0 Å². The molecule has 1 aliphatic carbocycles. The minimum absolute atomic E-state index is 0.0270. The molecule has 12 heteroatoms. The third kappa shape index (κ3) is 10.7. The van der Waals surface area contributed by atoms with Crippen LogP contribution in [0.4, 0.5) is 4.39 Å². The topological polar surface area (TPSA) is 150 Å². The van der Waals surface area contributed by atoms with Crippen LogP contribution in [-0.2, 0) is 5.41 Å². The van der Waals surface area contributed by atoms with E-state index in [1.165, 1.54) is 36.9 Å². The summed E-state index contributed by atoms with van der Waals surface area (Å²) in [6.45, 7) is 20.2. The fourth-order valence-corrected chi connectivity index (χ4v) is 7.30. The van der Waals surface area contributed by atoms with Gasteiger partial charge in [0.15, 0.2) is 0 Å². The monoisotopic (exact) mass is 840 g/mol. The number of hydrogen-bond donors (Lipinski definition) is 2. The van der Waals surface area contributed by atoms with Crippen molar-refractivity contribution in [2.24, 2.45) is 5.73 Å². The average molecular weight is 841 g/mol. The number of aromatic nitrogens is 6. The first kappa shape index (κ1) is 44.6. The lowest BCUT2D eigenvalue weighted by atomic mass is 9.80. The van der Waals surface area contributed by atoms with Crippen LogP contribution in [0.5, 0.6) is 0 Å². The predicted octanol–water partition coefficient (Wildman–Crippen LogP) is 11.3. The first-order valence-corrected chi connectivity index (χ1v) is 21.0. The van der Waals surface area contributed by atoms with Crippen LogP contribution in [-0.4, -0.2) is 47.3 Å². The Morgan fingerprint density at radius 3 is 1.79 bits per heavy atom. The second kappa shape index (κ2) is 18.0. The highest BCUT2D eigenvalue weighted by atomic mass is 35.5. The van der Waals surface area contributed by atoms with Crippen molar-refractivity contribution >= 4 is 23.4 Å². The Kier molecular flexibility index (Phi) is 13.1. The van der Waals surface area contributed by atoms with Crippen LogP contribution in [0, 0.1) is 5.82 Å². The molecule has 0 saturated heterocycles. The van der Waals surface area contributed by atoms with Crippen LogP contribution in [0.2, 0.25) is 5.02 Å². The summed E-state index contributed by atoms with van der Waals surface area (Å²) in [4.78, 5) is 52.5. The Balaban J connectivity index is 0.000000204. The fraction of sp³-hybridized carbons (Fsp3) is 0.347. The highest BCUT2D eigenvalue weighted by Crippen LogP contribution is 2.42. The zero-order valence-electron chi connectivity index (χ0n) is 36.6. The number of halogens is 2. The second-order valence-corrected chi connectivity index (χ2v) is 18.6. The van der Waals surface area contributed by atoms with Crippen molar-refractivity contribution in [3.05, 3.63) is 130 Å². The van der Waals surface area contributed by atoms with Gasteiger partial charge in [0.1, 0.15) is 18.5 Å². The van der Waals surface area contributed by atoms with Crippen LogP contribution in [0.1, 0.15) is 143 Å². The molecule has 316 valence electrons. The minimum atomic E-state index is -0.548. The number of amides is 2. The molecule has 6 aromatic rings. The maximum atomic E-state index is 14.1. The molecular weight excluding hydrogens is 787 g/mol. The van der Waals surface area contributed by atoms with Gasteiger partial charge in [-0.2, -0.15) is 0 Å². The van der Waals surface area contributed by atoms with Gasteiger partial charge in [0.05, 0.1) is 39.2 Å². The molecule has 0 unspecified atom stereocenters. The lowest BCUT2D eigenvalue weighted by Crippen LogP contribution is -2.40. The Morgan fingerprint density at radius 1 is 0.754 bits per heavy atom. The Bertz CT molecular complexity index is 2570. The fourth-order valence-electron chi connectivity index (χ4n) is 7.18. The van der Waals surface area contributed by atoms with E-state index in [4.69, 9.17) is 27.3 Å². The van der Waals surface area contributed by atoms with Crippen molar-refractivity contribution in [1.82, 2.24) is 35.2 Å². The summed E-state index contributed by atoms with van der Waals surface area (Å²) in [5.41, 5.74) is 15.6. The number of pyridine rings is 2. The van der Waals surface area contributed by atoms with Gasteiger partial charge in [-0.05, 0) is 98.2 Å². The summed E-state index contributed by atoms with van der Waals surface area (Å²) in [6.07, 6.45) is 9.02. The average Bonchev–Trinajstić information content (AvgIpc) is 4.06. The highest BCUT2D eigenvalue weighted by molar-refractivity contribution is 6.30. The van der Waals surface area contributed by atoms with Crippen LogP contribution in [0.25, 0.3) is 45.0 Å². The van der Waals surface area contributed by atoms with Crippen LogP contribution < -0.4 is 11.1 Å². The summed E-state index contributed by atoms with van der Waals surface area (Å²) in [5, 5.41) is 2.98. The molecule has 1 fully saturated rings. The van der Waals surface area contributed by atoms with E-state index in [2.05, 4.69) is 84.1 Å². The van der Waals surface area contributed by atoms with Gasteiger partial charge in [0.2, 0.25) is 5.91 Å². The largest absolute Gasteiger partial charge is 0.366 e. The molecule has 0 bridgehead atoms. The van der Waals surface area contributed by atoms with Gasteiger partial charge in [-0.1, -0.05) is 90.4 Å². The van der Waals surface area contributed by atoms with Crippen LogP contribution in [0.15, 0.2) is 85.7 Å². The number of benzene rings is 2. The zero-order valence-corrected chi connectivity index (χ0v) is 37.3. The Hall–Kier alpha value is -5.94. The quantitative estimate of drug-likeness (QED) is 0.146. The molecule has 61 heavy (non-hydrogen) atoms. The van der Waals surface area contributed by atoms with E-state index in [0.29, 0.717) is 39.7 Å². The summed E-state index contributed by atoms with van der Waals surface area (Å²) in [7, 11) is 0. The van der Waals surface area contributed by atoms with Crippen molar-refractivity contribution in [3.8, 4) is 45.0 Å². The Morgan fingerprint density at radius 2 is 1.30 bits per heavy atom. The normalized spacial score (nSPS) is 12.9. The molecule has 7 rings (SSSR count). The molecule has 1 saturated carbocycles. The SMILES string of the molecule is CC(C)c1ncncc1-c1cc(C(=O)NC(C)(C)C)cc(-c2ccc(Cl)c(F)c2)n1.CC(C)c1ncncc1-c1cc(C(N)=O)c(C(C)(C)C)c(-c2ccc(C3CC3)cc2)n1. The van der Waals surface area contributed by atoms with Gasteiger partial charge in [0, 0.05) is 51.3 Å². The maximum absolute atomic E-state index is 14.1. The molecule has 2 amide bonds. The molecule has 2 aromatic carbocycles. The van der Waals surface area contributed by atoms with E-state index in [9.17, 15) is 14.0 Å². The van der Waals surface area contributed by atoms with Crippen LogP contribution >= 0.6 is 11.6 Å². The molecule has 0 radical (unpaired) electrons. The lowest BCUT2D eigenvalue weighted by Gasteiger charge is -2.26. The van der Waals surface area contributed by atoms with Crippen molar-refractivity contribution in [2.45, 2.75) is 111 Å². The molecule has 4 heterocycles. The summed E-state index contributed by atoms with van der Waals surface area (Å²) in [6, 6.07) is 18.2. The van der Waals surface area contributed by atoms with E-state index in [1.54, 1.807) is 43.0 Å². The van der Waals surface area contributed by atoms with Crippen LogP contribution in [0.3, 0.4) is 0 Å². The van der Waals surface area contributed by atoms with E-state index < -0.39 is 17.3 Å². The van der Waals surface area contributed by atoms with E-state index in [-0.39, 0.29) is 28.2 Å². The summed E-state index contributed by atoms with van der Waals surface area (Å²) in [5.74, 6) is -0.231. The number of rotatable bonds is 9. The number of nitrogens with one attached hydrogen (secondary N) is 1. The van der Waals surface area contributed by atoms with Gasteiger partial charge < -0.3 is 11.1 Å². The number of primary amides is 1. The smallest absolute Gasteiger partial charge is 0.251 e. The summed E-state index contributed by atoms with van der Waals surface area (Å²) >= 11 is 5.83. The molecule has 0 aliphatic heterocycles. The van der Waals surface area contributed by atoms with Crippen molar-refractivity contribution < 1.29 is 14.0 Å². The number of nitrogens with zero attached hydrogens (tertiary/aromatic N) is 6. The highest BCUT2D eigenvalue weighted by Gasteiger charge is 2.29. The molecule has 1 aliphatic rings. The third-order valence-electron chi connectivity index (χ3n) is 10.2. The first-order valence-electron chi connectivity index (χ1n) is 20.6. The summed E-state index contributed by atoms with van der Waals surface area (Å²) < 4.78 is 14.1. The predicted molar refractivity (Wildman–Crippen MR) is 241 cm³/mol. The standard InChI is InChI=1S/C26H30N4O.C23H24ClFN4O/c1-15(2)23-20(13-28-14-29-23)21-12-19(25(27)31)22(26(3,4)5)24(30-21)18-10-8-17(9-11-18)16-6-7-16;1-13(2)21-16(11-26-12-27-21)20-10-15(22(30)29-23(3,4)5)9-19(28-20)14-6-7-17(24)18(25)8-14/h8-16H,6-7H2,1-5H3,(H2,27,31);6-13H,1-5H3,(H,29,30). The van der Waals surface area contributed by atoms with Gasteiger partial charge in [-0.3, -0.25) is 9.59 Å². The van der Waals surface area contributed by atoms with Crippen molar-refractivity contribution in [1.29, 1.82) is 0 Å². The first-order chi connectivity index (χ1) is 28.7. The molecule has 0 atom stereocenters. The minimum Gasteiger partial charge on any atom is -0.366 e. The number of nitrogens with two attached hydrogens (primary N) is 1. The zero-order chi connectivity index (χ0) is 44.4. The number of carbonyl (C=O) groups excluding carboxylic acids is 2. The number of carbonyl (C=O) groups is 2. The maximum Gasteiger partial charge on any atom is 0.251 e. The van der Waals surface area contributed by atoms with Crippen molar-refractivity contribution in [2.75, 3.05) is 0 Å². The lowest BCUT2D eigenvalue weighted by molar-refractivity contribution is 0.0918. The molecule has 3 N–H and O–H groups in total. The van der Waals surface area contributed by atoms with Crippen molar-refractivity contribution in [3.63, 3.8) is 0 Å². The molecule has 4 aromatic heterocycles. The Labute approximate surface area is 363 Å². The van der Waals surface area contributed by atoms with Gasteiger partial charge >= 0.3 is 0 Å². The van der Waals surface area contributed by atoms with E-state index in [1.807, 2.05) is 34.6 Å². The third-order valence-corrected chi connectivity index (χ3v) is 10.5. The van der Waals surface area contributed by atoms with Gasteiger partial charge in [0.25, 0.3) is 5.91 Å². The van der Waals surface area contributed by atoms with E-state index >= 15 is 0 Å². The van der Waals surface area contributed by atoms with E-state index in [0.717, 1.165) is 39.3 Å². The molecule has 0 spiro atoms. The number of hydrogen-bond acceptors (Lipinski definition) is 8. The second-order valence-electron chi connectivity index (χ2n) is 18.2. The van der Waals surface area contributed by atoms with Gasteiger partial charge in [-0.25, -0.2) is 34.3 Å².